The molecule has 0 aliphatic carbocycles. The van der Waals surface area contributed by atoms with Gasteiger partial charge in [-0.1, -0.05) is 17.7 Å². The van der Waals surface area contributed by atoms with Gasteiger partial charge in [-0.3, -0.25) is 0 Å². The van der Waals surface area contributed by atoms with Crippen LogP contribution in [0.4, 0.5) is 15.9 Å². The van der Waals surface area contributed by atoms with Crippen molar-refractivity contribution in [3.05, 3.63) is 52.4 Å². The van der Waals surface area contributed by atoms with Gasteiger partial charge in [0, 0.05) is 25.8 Å². The van der Waals surface area contributed by atoms with Crippen LogP contribution in [0.15, 0.2) is 30.5 Å². The van der Waals surface area contributed by atoms with Crippen molar-refractivity contribution in [2.24, 2.45) is 0 Å². The number of hydrogen-bond acceptors (Lipinski definition) is 5. The van der Waals surface area contributed by atoms with Crippen LogP contribution in [0, 0.1) is 17.1 Å². The Balaban J connectivity index is 1.68. The van der Waals surface area contributed by atoms with Crippen molar-refractivity contribution < 1.29 is 9.13 Å². The quantitative estimate of drug-likeness (QED) is 0.921. The van der Waals surface area contributed by atoms with Crippen molar-refractivity contribution >= 4 is 23.1 Å². The van der Waals surface area contributed by atoms with Crippen molar-refractivity contribution in [2.75, 3.05) is 36.5 Å². The zero-order chi connectivity index (χ0) is 16.9. The lowest BCUT2D eigenvalue weighted by Crippen LogP contribution is -2.36. The normalized spacial score (nSPS) is 14.3. The Hall–Kier alpha value is -2.36. The van der Waals surface area contributed by atoms with Gasteiger partial charge in [0.25, 0.3) is 0 Å². The molecule has 24 heavy (non-hydrogen) atoms. The number of rotatable bonds is 4. The van der Waals surface area contributed by atoms with E-state index in [4.69, 9.17) is 21.6 Å². The molecule has 2 heterocycles. The summed E-state index contributed by atoms with van der Waals surface area (Å²) in [5.41, 5.74) is 1.77. The molecule has 0 unspecified atom stereocenters. The summed E-state index contributed by atoms with van der Waals surface area (Å²) < 4.78 is 19.6. The summed E-state index contributed by atoms with van der Waals surface area (Å²) in [6, 6.07) is 8.68. The Labute approximate surface area is 144 Å². The van der Waals surface area contributed by atoms with Crippen molar-refractivity contribution in [1.29, 1.82) is 5.26 Å². The maximum Gasteiger partial charge on any atom is 0.146 e. The molecule has 5 nitrogen and oxygen atoms in total. The topological polar surface area (TPSA) is 61.2 Å². The molecule has 124 valence electrons. The molecule has 1 saturated heterocycles. The third kappa shape index (κ3) is 3.75. The second kappa shape index (κ2) is 7.47. The fourth-order valence-electron chi connectivity index (χ4n) is 2.54. The summed E-state index contributed by atoms with van der Waals surface area (Å²) in [6.07, 6.45) is 1.44. The molecule has 1 aromatic heterocycles. The Morgan fingerprint density at radius 3 is 2.79 bits per heavy atom. The fourth-order valence-corrected chi connectivity index (χ4v) is 2.77. The van der Waals surface area contributed by atoms with Gasteiger partial charge < -0.3 is 15.0 Å². The highest BCUT2D eigenvalue weighted by atomic mass is 35.5. The molecule has 2 aromatic rings. The first-order valence-corrected chi connectivity index (χ1v) is 7.96. The number of ether oxygens (including phenoxy) is 1. The highest BCUT2D eigenvalue weighted by Gasteiger charge is 2.15. The van der Waals surface area contributed by atoms with Crippen LogP contribution < -0.4 is 10.2 Å². The lowest BCUT2D eigenvalue weighted by molar-refractivity contribution is 0.122. The highest BCUT2D eigenvalue weighted by Crippen LogP contribution is 2.23. The molecule has 0 atom stereocenters. The largest absolute Gasteiger partial charge is 0.378 e. The van der Waals surface area contributed by atoms with E-state index < -0.39 is 0 Å². The van der Waals surface area contributed by atoms with Gasteiger partial charge in [0.1, 0.15) is 17.7 Å². The van der Waals surface area contributed by atoms with Crippen LogP contribution in [0.1, 0.15) is 11.1 Å². The van der Waals surface area contributed by atoms with Crippen LogP contribution in [0.3, 0.4) is 0 Å². The van der Waals surface area contributed by atoms with E-state index in [-0.39, 0.29) is 5.82 Å². The summed E-state index contributed by atoms with van der Waals surface area (Å²) in [7, 11) is 0. The second-order valence-corrected chi connectivity index (χ2v) is 5.81. The first-order chi connectivity index (χ1) is 11.7. The minimum Gasteiger partial charge on any atom is -0.378 e. The van der Waals surface area contributed by atoms with E-state index in [1.54, 1.807) is 12.1 Å². The number of aromatic nitrogens is 1. The third-order valence-electron chi connectivity index (χ3n) is 3.79. The average molecular weight is 347 g/mol. The van der Waals surface area contributed by atoms with Crippen molar-refractivity contribution in [3.8, 4) is 6.07 Å². The predicted octanol–water partition coefficient (Wildman–Crippen LogP) is 3.19. The van der Waals surface area contributed by atoms with Gasteiger partial charge in [0.05, 0.1) is 29.5 Å². The van der Waals surface area contributed by atoms with E-state index in [9.17, 15) is 4.39 Å². The second-order valence-electron chi connectivity index (χ2n) is 5.40. The molecular formula is C17H16ClFN4O. The molecule has 0 spiro atoms. The highest BCUT2D eigenvalue weighted by molar-refractivity contribution is 6.33. The SMILES string of the molecule is N#Cc1cnc(NCc2ccc(N3CCOCC3)c(F)c2)c(Cl)c1. The van der Waals surface area contributed by atoms with E-state index >= 15 is 0 Å². The molecule has 0 bridgehead atoms. The van der Waals surface area contributed by atoms with Gasteiger partial charge in [-0.25, -0.2) is 9.37 Å². The number of morpholine rings is 1. The molecule has 1 aromatic carbocycles. The van der Waals surface area contributed by atoms with Crippen LogP contribution >= 0.6 is 11.6 Å². The number of anilines is 2. The maximum atomic E-state index is 14.4. The lowest BCUT2D eigenvalue weighted by Gasteiger charge is -2.29. The standard InChI is InChI=1S/C17H16ClFN4O/c18-14-7-13(9-20)11-22-17(14)21-10-12-1-2-16(15(19)8-12)23-3-5-24-6-4-23/h1-2,7-8,11H,3-6,10H2,(H,21,22). The molecule has 0 amide bonds. The molecule has 0 radical (unpaired) electrons. The van der Waals surface area contributed by atoms with Crippen molar-refractivity contribution in [1.82, 2.24) is 4.98 Å². The number of benzene rings is 1. The third-order valence-corrected chi connectivity index (χ3v) is 4.08. The molecule has 1 aliphatic heterocycles. The number of nitriles is 1. The molecule has 0 saturated carbocycles. The van der Waals surface area contributed by atoms with Gasteiger partial charge in [0.2, 0.25) is 0 Å². The van der Waals surface area contributed by atoms with Crippen LogP contribution in [0.2, 0.25) is 5.02 Å². The summed E-state index contributed by atoms with van der Waals surface area (Å²) in [6.45, 7) is 3.01. The monoisotopic (exact) mass is 346 g/mol. The van der Waals surface area contributed by atoms with Crippen molar-refractivity contribution in [2.45, 2.75) is 6.54 Å². The number of halogens is 2. The lowest BCUT2D eigenvalue weighted by atomic mass is 10.1. The minimum atomic E-state index is -0.255. The van der Waals surface area contributed by atoms with Crippen LogP contribution in [-0.4, -0.2) is 31.3 Å². The first-order valence-electron chi connectivity index (χ1n) is 7.58. The van der Waals surface area contributed by atoms with E-state index in [2.05, 4.69) is 10.3 Å². The molecule has 1 N–H and O–H groups in total. The van der Waals surface area contributed by atoms with Crippen LogP contribution in [0.5, 0.6) is 0 Å². The van der Waals surface area contributed by atoms with Gasteiger partial charge in [-0.15, -0.1) is 0 Å². The predicted molar refractivity (Wildman–Crippen MR) is 90.7 cm³/mol. The molecular weight excluding hydrogens is 331 g/mol. The zero-order valence-corrected chi connectivity index (χ0v) is 13.7. The van der Waals surface area contributed by atoms with E-state index in [1.807, 2.05) is 17.0 Å². The van der Waals surface area contributed by atoms with Crippen molar-refractivity contribution in [3.63, 3.8) is 0 Å². The van der Waals surface area contributed by atoms with Crippen LogP contribution in [0.25, 0.3) is 0 Å². The van der Waals surface area contributed by atoms with Gasteiger partial charge in [0.15, 0.2) is 0 Å². The Bertz CT molecular complexity index is 772. The molecule has 1 fully saturated rings. The van der Waals surface area contributed by atoms with Crippen LogP contribution in [-0.2, 0) is 11.3 Å². The maximum absolute atomic E-state index is 14.4. The Morgan fingerprint density at radius 2 is 2.12 bits per heavy atom. The van der Waals surface area contributed by atoms with Gasteiger partial charge in [-0.2, -0.15) is 5.26 Å². The minimum absolute atomic E-state index is 0.255. The molecule has 1 aliphatic rings. The number of hydrogen-bond donors (Lipinski definition) is 1. The average Bonchev–Trinajstić information content (AvgIpc) is 2.61. The number of nitrogens with zero attached hydrogens (tertiary/aromatic N) is 3. The summed E-state index contributed by atoms with van der Waals surface area (Å²) in [5, 5.41) is 12.2. The summed E-state index contributed by atoms with van der Waals surface area (Å²) in [5.74, 6) is 0.211. The van der Waals surface area contributed by atoms with Gasteiger partial charge in [-0.05, 0) is 23.8 Å². The Morgan fingerprint density at radius 1 is 1.33 bits per heavy atom. The van der Waals surface area contributed by atoms with E-state index in [1.165, 1.54) is 12.3 Å². The number of nitrogens with one attached hydrogen (secondary N) is 1. The van der Waals surface area contributed by atoms with E-state index in [0.717, 1.165) is 5.56 Å². The Kier molecular flexibility index (Phi) is 5.14. The number of pyridine rings is 1. The molecule has 3 rings (SSSR count). The zero-order valence-electron chi connectivity index (χ0n) is 12.9. The van der Waals surface area contributed by atoms with Gasteiger partial charge >= 0.3 is 0 Å². The summed E-state index contributed by atoms with van der Waals surface area (Å²) in [4.78, 5) is 6.08. The van der Waals surface area contributed by atoms with E-state index in [0.29, 0.717) is 54.9 Å². The molecule has 7 heteroatoms. The summed E-state index contributed by atoms with van der Waals surface area (Å²) >= 11 is 6.06. The fraction of sp³-hybridized carbons (Fsp3) is 0.294. The first kappa shape index (κ1) is 16.5. The smallest absolute Gasteiger partial charge is 0.146 e.